The van der Waals surface area contributed by atoms with E-state index in [-0.39, 0.29) is 19.0 Å². The number of benzene rings is 1. The summed E-state index contributed by atoms with van der Waals surface area (Å²) in [5.74, 6) is 0.210. The Morgan fingerprint density at radius 3 is 2.45 bits per heavy atom. The maximum absolute atomic E-state index is 11.7. The van der Waals surface area contributed by atoms with Crippen molar-refractivity contribution in [3.05, 3.63) is 29.3 Å². The highest BCUT2D eigenvalue weighted by Gasteiger charge is 2.14. The molecule has 0 bridgehead atoms. The maximum Gasteiger partial charge on any atom is 0.260 e. The van der Waals surface area contributed by atoms with Crippen molar-refractivity contribution in [2.24, 2.45) is 0 Å². The number of sulfonamides is 1. The van der Waals surface area contributed by atoms with Gasteiger partial charge in [0.1, 0.15) is 5.75 Å². The molecule has 8 heteroatoms. The Hall–Kier alpha value is -1.31. The molecule has 0 heterocycles. The van der Waals surface area contributed by atoms with Gasteiger partial charge in [-0.05, 0) is 31.2 Å². The third kappa shape index (κ3) is 6.74. The van der Waals surface area contributed by atoms with Gasteiger partial charge < -0.3 is 10.1 Å². The van der Waals surface area contributed by atoms with Gasteiger partial charge in [0.15, 0.2) is 6.10 Å². The normalized spacial score (nSPS) is 12.8. The molecule has 0 aliphatic heterocycles. The molecule has 0 fully saturated rings. The van der Waals surface area contributed by atoms with Crippen molar-refractivity contribution < 1.29 is 17.9 Å². The van der Waals surface area contributed by atoms with Crippen LogP contribution in [0.25, 0.3) is 0 Å². The molecule has 0 radical (unpaired) electrons. The molecule has 1 amide bonds. The zero-order valence-corrected chi connectivity index (χ0v) is 12.8. The highest BCUT2D eigenvalue weighted by Crippen LogP contribution is 2.16. The standard InChI is InChI=1S/C12H17ClN2O4S/c1-9(19-11-5-3-10(13)4-6-11)12(16)14-7-8-15-20(2,17)18/h3-6,9,15H,7-8H2,1-2H3,(H,14,16). The molecule has 0 aliphatic carbocycles. The Labute approximate surface area is 123 Å². The first-order valence-electron chi connectivity index (χ1n) is 5.92. The lowest BCUT2D eigenvalue weighted by Crippen LogP contribution is -2.40. The smallest absolute Gasteiger partial charge is 0.260 e. The number of amides is 1. The van der Waals surface area contributed by atoms with E-state index in [0.29, 0.717) is 10.8 Å². The summed E-state index contributed by atoms with van der Waals surface area (Å²) in [5.41, 5.74) is 0. The van der Waals surface area contributed by atoms with Crippen molar-refractivity contribution in [2.75, 3.05) is 19.3 Å². The van der Waals surface area contributed by atoms with Gasteiger partial charge in [-0.1, -0.05) is 11.6 Å². The summed E-state index contributed by atoms with van der Waals surface area (Å²) >= 11 is 5.74. The third-order valence-electron chi connectivity index (χ3n) is 2.28. The molecule has 0 saturated carbocycles. The fourth-order valence-electron chi connectivity index (χ4n) is 1.34. The summed E-state index contributed by atoms with van der Waals surface area (Å²) in [7, 11) is -3.24. The largest absolute Gasteiger partial charge is 0.481 e. The number of halogens is 1. The van der Waals surface area contributed by atoms with Crippen LogP contribution in [0.4, 0.5) is 0 Å². The van der Waals surface area contributed by atoms with E-state index in [0.717, 1.165) is 6.26 Å². The second-order valence-electron chi connectivity index (χ2n) is 4.17. The summed E-state index contributed by atoms with van der Waals surface area (Å²) in [6.45, 7) is 1.94. The third-order valence-corrected chi connectivity index (χ3v) is 3.26. The first kappa shape index (κ1) is 16.7. The molecule has 6 nitrogen and oxygen atoms in total. The molecule has 0 saturated heterocycles. The Morgan fingerprint density at radius 1 is 1.30 bits per heavy atom. The minimum Gasteiger partial charge on any atom is -0.481 e. The molecule has 112 valence electrons. The molecule has 1 aromatic rings. The van der Waals surface area contributed by atoms with Crippen molar-refractivity contribution in [3.63, 3.8) is 0 Å². The van der Waals surface area contributed by atoms with E-state index in [2.05, 4.69) is 10.0 Å². The number of carbonyl (C=O) groups is 1. The van der Waals surface area contributed by atoms with Gasteiger partial charge in [0.25, 0.3) is 5.91 Å². The molecular formula is C12H17ClN2O4S. The van der Waals surface area contributed by atoms with Crippen molar-refractivity contribution in [1.82, 2.24) is 10.0 Å². The van der Waals surface area contributed by atoms with Gasteiger partial charge in [0.05, 0.1) is 6.26 Å². The van der Waals surface area contributed by atoms with E-state index >= 15 is 0 Å². The fraction of sp³-hybridized carbons (Fsp3) is 0.417. The van der Waals surface area contributed by atoms with Gasteiger partial charge in [-0.3, -0.25) is 4.79 Å². The molecule has 20 heavy (non-hydrogen) atoms. The predicted molar refractivity (Wildman–Crippen MR) is 77.4 cm³/mol. The molecule has 1 rings (SSSR count). The average molecular weight is 321 g/mol. The number of hydrogen-bond acceptors (Lipinski definition) is 4. The molecule has 0 spiro atoms. The summed E-state index contributed by atoms with van der Waals surface area (Å²) in [4.78, 5) is 11.7. The van der Waals surface area contributed by atoms with Crippen LogP contribution in [0.3, 0.4) is 0 Å². The minimum atomic E-state index is -3.24. The van der Waals surface area contributed by atoms with Crippen molar-refractivity contribution in [3.8, 4) is 5.75 Å². The topological polar surface area (TPSA) is 84.5 Å². The first-order valence-corrected chi connectivity index (χ1v) is 8.19. The van der Waals surface area contributed by atoms with Crippen LogP contribution in [-0.4, -0.2) is 39.8 Å². The highest BCUT2D eigenvalue weighted by atomic mass is 35.5. The first-order chi connectivity index (χ1) is 9.28. The van der Waals surface area contributed by atoms with Crippen LogP contribution >= 0.6 is 11.6 Å². The second kappa shape index (κ2) is 7.47. The van der Waals surface area contributed by atoms with Crippen LogP contribution in [-0.2, 0) is 14.8 Å². The van der Waals surface area contributed by atoms with Gasteiger partial charge in [0, 0.05) is 18.1 Å². The van der Waals surface area contributed by atoms with Gasteiger partial charge in [-0.15, -0.1) is 0 Å². The molecule has 2 N–H and O–H groups in total. The number of rotatable bonds is 7. The highest BCUT2D eigenvalue weighted by molar-refractivity contribution is 7.88. The van der Waals surface area contributed by atoms with Gasteiger partial charge in [0.2, 0.25) is 10.0 Å². The Balaban J connectivity index is 2.34. The van der Waals surface area contributed by atoms with Crippen LogP contribution in [0.5, 0.6) is 5.75 Å². The number of hydrogen-bond donors (Lipinski definition) is 2. The molecule has 1 aromatic carbocycles. The molecule has 0 aliphatic rings. The summed E-state index contributed by atoms with van der Waals surface area (Å²) in [5, 5.41) is 3.15. The van der Waals surface area contributed by atoms with E-state index in [9.17, 15) is 13.2 Å². The van der Waals surface area contributed by atoms with E-state index in [4.69, 9.17) is 16.3 Å². The number of ether oxygens (including phenoxy) is 1. The summed E-state index contributed by atoms with van der Waals surface area (Å²) in [6.07, 6.45) is 0.371. The molecular weight excluding hydrogens is 304 g/mol. The van der Waals surface area contributed by atoms with Crippen LogP contribution in [0, 0.1) is 0 Å². The maximum atomic E-state index is 11.7. The van der Waals surface area contributed by atoms with E-state index in [1.807, 2.05) is 0 Å². The van der Waals surface area contributed by atoms with Crippen molar-refractivity contribution in [2.45, 2.75) is 13.0 Å². The van der Waals surface area contributed by atoms with Crippen molar-refractivity contribution in [1.29, 1.82) is 0 Å². The number of carbonyl (C=O) groups excluding carboxylic acids is 1. The van der Waals surface area contributed by atoms with Gasteiger partial charge >= 0.3 is 0 Å². The van der Waals surface area contributed by atoms with Crippen LogP contribution in [0.15, 0.2) is 24.3 Å². The Kier molecular flexibility index (Phi) is 6.25. The zero-order chi connectivity index (χ0) is 15.2. The quantitative estimate of drug-likeness (QED) is 0.727. The van der Waals surface area contributed by atoms with Crippen LogP contribution < -0.4 is 14.8 Å². The van der Waals surface area contributed by atoms with Gasteiger partial charge in [-0.2, -0.15) is 0 Å². The lowest BCUT2D eigenvalue weighted by atomic mass is 10.3. The lowest BCUT2D eigenvalue weighted by molar-refractivity contribution is -0.127. The molecule has 1 atom stereocenters. The lowest BCUT2D eigenvalue weighted by Gasteiger charge is -2.14. The van der Waals surface area contributed by atoms with E-state index in [1.165, 1.54) is 0 Å². The SMILES string of the molecule is CC(Oc1ccc(Cl)cc1)C(=O)NCCNS(C)(=O)=O. The Bertz CT molecular complexity index is 545. The van der Waals surface area contributed by atoms with Gasteiger partial charge in [-0.25, -0.2) is 13.1 Å². The Morgan fingerprint density at radius 2 is 1.90 bits per heavy atom. The summed E-state index contributed by atoms with van der Waals surface area (Å²) < 4.78 is 29.3. The molecule has 0 aromatic heterocycles. The minimum absolute atomic E-state index is 0.137. The van der Waals surface area contributed by atoms with Crippen LogP contribution in [0.1, 0.15) is 6.92 Å². The second-order valence-corrected chi connectivity index (χ2v) is 6.44. The van der Waals surface area contributed by atoms with E-state index < -0.39 is 16.1 Å². The van der Waals surface area contributed by atoms with Crippen molar-refractivity contribution >= 4 is 27.5 Å². The fourth-order valence-corrected chi connectivity index (χ4v) is 1.94. The average Bonchev–Trinajstić information content (AvgIpc) is 2.36. The predicted octanol–water partition coefficient (Wildman–Crippen LogP) is 0.773. The zero-order valence-electron chi connectivity index (χ0n) is 11.2. The molecule has 1 unspecified atom stereocenters. The number of nitrogens with one attached hydrogen (secondary N) is 2. The van der Waals surface area contributed by atoms with Crippen LogP contribution in [0.2, 0.25) is 5.02 Å². The summed E-state index contributed by atoms with van der Waals surface area (Å²) in [6, 6.07) is 6.66. The van der Waals surface area contributed by atoms with E-state index in [1.54, 1.807) is 31.2 Å². The monoisotopic (exact) mass is 320 g/mol.